The highest BCUT2D eigenvalue weighted by atomic mass is 35.5. The number of rotatable bonds is 7. The van der Waals surface area contributed by atoms with Gasteiger partial charge in [0.15, 0.2) is 0 Å². The summed E-state index contributed by atoms with van der Waals surface area (Å²) in [5, 5.41) is 6.69. The molecule has 2 aromatic carbocycles. The summed E-state index contributed by atoms with van der Waals surface area (Å²) in [7, 11) is -3.74. The van der Waals surface area contributed by atoms with Crippen LogP contribution in [0.15, 0.2) is 53.4 Å². The molecule has 3 aromatic rings. The van der Waals surface area contributed by atoms with E-state index in [1.165, 1.54) is 6.07 Å². The van der Waals surface area contributed by atoms with E-state index in [2.05, 4.69) is 25.3 Å². The third kappa shape index (κ3) is 5.16. The Morgan fingerprint density at radius 2 is 1.69 bits per heavy atom. The first-order chi connectivity index (χ1) is 13.8. The van der Waals surface area contributed by atoms with Gasteiger partial charge in [0, 0.05) is 34.7 Å². The number of halogens is 1. The van der Waals surface area contributed by atoms with Crippen LogP contribution in [0, 0.1) is 13.8 Å². The van der Waals surface area contributed by atoms with Crippen LogP contribution in [0.3, 0.4) is 0 Å². The van der Waals surface area contributed by atoms with Gasteiger partial charge in [-0.25, -0.2) is 13.4 Å². The van der Waals surface area contributed by atoms with E-state index in [0.717, 1.165) is 17.9 Å². The molecule has 0 fully saturated rings. The predicted molar refractivity (Wildman–Crippen MR) is 118 cm³/mol. The van der Waals surface area contributed by atoms with Gasteiger partial charge in [0.1, 0.15) is 5.82 Å². The lowest BCUT2D eigenvalue weighted by molar-refractivity contribution is 0.600. The van der Waals surface area contributed by atoms with Crippen LogP contribution in [0.25, 0.3) is 0 Å². The fourth-order valence-electron chi connectivity index (χ4n) is 2.73. The smallest absolute Gasteiger partial charge is 0.262 e. The minimum Gasteiger partial charge on any atom is -0.354 e. The molecular formula is C20H22ClN5O2S. The maximum absolute atomic E-state index is 12.7. The minimum atomic E-state index is -3.74. The van der Waals surface area contributed by atoms with E-state index in [1.54, 1.807) is 43.3 Å². The molecule has 29 heavy (non-hydrogen) atoms. The molecule has 0 bridgehead atoms. The molecule has 152 valence electrons. The van der Waals surface area contributed by atoms with Crippen molar-refractivity contribution < 1.29 is 8.42 Å². The molecule has 1 heterocycles. The molecule has 0 amide bonds. The molecular weight excluding hydrogens is 410 g/mol. The van der Waals surface area contributed by atoms with Crippen molar-refractivity contribution in [3.8, 4) is 0 Å². The van der Waals surface area contributed by atoms with E-state index < -0.39 is 10.0 Å². The predicted octanol–water partition coefficient (Wildman–Crippen LogP) is 4.72. The summed E-state index contributed by atoms with van der Waals surface area (Å²) >= 11 is 6.05. The summed E-state index contributed by atoms with van der Waals surface area (Å²) in [6.45, 7) is 6.27. The first-order valence-corrected chi connectivity index (χ1v) is 10.9. The molecule has 7 nitrogen and oxygen atoms in total. The second-order valence-corrected chi connectivity index (χ2v) is 8.48. The van der Waals surface area contributed by atoms with E-state index in [9.17, 15) is 8.42 Å². The average Bonchev–Trinajstić information content (AvgIpc) is 2.65. The molecule has 3 N–H and O–H groups in total. The van der Waals surface area contributed by atoms with E-state index in [4.69, 9.17) is 11.6 Å². The minimum absolute atomic E-state index is 0.152. The van der Waals surface area contributed by atoms with Crippen LogP contribution in [0.2, 0.25) is 5.02 Å². The Morgan fingerprint density at radius 3 is 2.38 bits per heavy atom. The molecule has 0 unspecified atom stereocenters. The number of benzene rings is 2. The molecule has 0 aliphatic heterocycles. The van der Waals surface area contributed by atoms with Gasteiger partial charge in [-0.05, 0) is 62.7 Å². The summed E-state index contributed by atoms with van der Waals surface area (Å²) in [6, 6.07) is 13.5. The van der Waals surface area contributed by atoms with Crippen LogP contribution in [0.4, 0.5) is 23.1 Å². The summed E-state index contributed by atoms with van der Waals surface area (Å²) in [6.07, 6.45) is 0. The molecule has 0 aliphatic rings. The van der Waals surface area contributed by atoms with Crippen LogP contribution >= 0.6 is 11.6 Å². The van der Waals surface area contributed by atoms with Crippen molar-refractivity contribution in [3.63, 3.8) is 0 Å². The monoisotopic (exact) mass is 431 g/mol. The lowest BCUT2D eigenvalue weighted by atomic mass is 10.2. The number of hydrogen-bond acceptors (Lipinski definition) is 6. The van der Waals surface area contributed by atoms with Gasteiger partial charge >= 0.3 is 0 Å². The molecule has 0 spiro atoms. The van der Waals surface area contributed by atoms with E-state index >= 15 is 0 Å². The normalized spacial score (nSPS) is 11.2. The summed E-state index contributed by atoms with van der Waals surface area (Å²) < 4.78 is 27.9. The van der Waals surface area contributed by atoms with E-state index in [-0.39, 0.29) is 4.90 Å². The van der Waals surface area contributed by atoms with Crippen LogP contribution in [-0.2, 0) is 10.0 Å². The van der Waals surface area contributed by atoms with Gasteiger partial charge in [0.2, 0.25) is 5.95 Å². The first-order valence-electron chi connectivity index (χ1n) is 9.03. The van der Waals surface area contributed by atoms with E-state index in [1.807, 2.05) is 19.9 Å². The summed E-state index contributed by atoms with van der Waals surface area (Å²) in [5.41, 5.74) is 2.56. The molecule has 0 saturated heterocycles. The highest BCUT2D eigenvalue weighted by Crippen LogP contribution is 2.26. The maximum Gasteiger partial charge on any atom is 0.262 e. The van der Waals surface area contributed by atoms with Crippen molar-refractivity contribution in [2.75, 3.05) is 21.9 Å². The Labute approximate surface area is 175 Å². The lowest BCUT2D eigenvalue weighted by Crippen LogP contribution is -2.14. The Morgan fingerprint density at radius 1 is 1.00 bits per heavy atom. The highest BCUT2D eigenvalue weighted by molar-refractivity contribution is 7.92. The number of sulfonamides is 1. The van der Waals surface area contributed by atoms with Crippen LogP contribution in [-0.4, -0.2) is 24.9 Å². The van der Waals surface area contributed by atoms with Gasteiger partial charge in [-0.3, -0.25) is 4.72 Å². The van der Waals surface area contributed by atoms with Crippen molar-refractivity contribution in [1.29, 1.82) is 0 Å². The highest BCUT2D eigenvalue weighted by Gasteiger charge is 2.18. The molecule has 0 aliphatic carbocycles. The number of aromatic nitrogens is 2. The second kappa shape index (κ2) is 8.67. The fourth-order valence-corrected chi connectivity index (χ4v) is 4.29. The quantitative estimate of drug-likeness (QED) is 0.500. The van der Waals surface area contributed by atoms with Gasteiger partial charge in [0.05, 0.1) is 4.90 Å². The number of nitrogens with one attached hydrogen (secondary N) is 3. The maximum atomic E-state index is 12.7. The Balaban J connectivity index is 1.76. The topological polar surface area (TPSA) is 96.0 Å². The molecule has 0 saturated carbocycles. The van der Waals surface area contributed by atoms with Crippen LogP contribution in [0.5, 0.6) is 0 Å². The van der Waals surface area contributed by atoms with E-state index in [0.29, 0.717) is 28.0 Å². The van der Waals surface area contributed by atoms with Crippen molar-refractivity contribution in [2.24, 2.45) is 0 Å². The van der Waals surface area contributed by atoms with Gasteiger partial charge in [-0.15, -0.1) is 0 Å². The second-order valence-electron chi connectivity index (χ2n) is 6.42. The Kier molecular flexibility index (Phi) is 6.24. The average molecular weight is 432 g/mol. The van der Waals surface area contributed by atoms with Crippen molar-refractivity contribution in [1.82, 2.24) is 9.97 Å². The number of aryl methyl sites for hydroxylation is 1. The standard InChI is InChI=1S/C20H22ClN5O2S/c1-4-22-20-23-13(2)12-19(25-20)24-15-8-10-16(11-9-15)26-29(27,28)18-7-5-6-17(21)14(18)3/h5-12,26H,4H2,1-3H3,(H2,22,23,24,25). The van der Waals surface area contributed by atoms with Crippen LogP contribution in [0.1, 0.15) is 18.2 Å². The third-order valence-electron chi connectivity index (χ3n) is 4.11. The van der Waals surface area contributed by atoms with Crippen molar-refractivity contribution in [3.05, 3.63) is 64.8 Å². The van der Waals surface area contributed by atoms with Gasteiger partial charge in [0.25, 0.3) is 10.0 Å². The van der Waals surface area contributed by atoms with Crippen molar-refractivity contribution in [2.45, 2.75) is 25.7 Å². The molecule has 0 atom stereocenters. The molecule has 0 radical (unpaired) electrons. The van der Waals surface area contributed by atoms with Gasteiger partial charge in [-0.2, -0.15) is 4.98 Å². The lowest BCUT2D eigenvalue weighted by Gasteiger charge is -2.12. The Hall–Kier alpha value is -2.84. The van der Waals surface area contributed by atoms with Crippen molar-refractivity contribution >= 4 is 44.8 Å². The Bertz CT molecular complexity index is 1120. The van der Waals surface area contributed by atoms with Gasteiger partial charge < -0.3 is 10.6 Å². The first kappa shape index (κ1) is 20.9. The molecule has 1 aromatic heterocycles. The fraction of sp³-hybridized carbons (Fsp3) is 0.200. The zero-order chi connectivity index (χ0) is 21.0. The number of anilines is 4. The summed E-state index contributed by atoms with van der Waals surface area (Å²) in [5.74, 6) is 1.20. The van der Waals surface area contributed by atoms with Gasteiger partial charge in [-0.1, -0.05) is 17.7 Å². The SMILES string of the molecule is CCNc1nc(C)cc(Nc2ccc(NS(=O)(=O)c3cccc(Cl)c3C)cc2)n1. The molecule has 9 heteroatoms. The number of nitrogens with zero attached hydrogens (tertiary/aromatic N) is 2. The third-order valence-corrected chi connectivity index (χ3v) is 6.04. The molecule has 3 rings (SSSR count). The summed E-state index contributed by atoms with van der Waals surface area (Å²) in [4.78, 5) is 8.87. The zero-order valence-electron chi connectivity index (χ0n) is 16.3. The zero-order valence-corrected chi connectivity index (χ0v) is 17.9. The van der Waals surface area contributed by atoms with Crippen LogP contribution < -0.4 is 15.4 Å². The largest absolute Gasteiger partial charge is 0.354 e. The number of hydrogen-bond donors (Lipinski definition) is 3.